The van der Waals surface area contributed by atoms with Gasteiger partial charge in [-0.2, -0.15) is 0 Å². The molecule has 0 bridgehead atoms. The summed E-state index contributed by atoms with van der Waals surface area (Å²) < 4.78 is 17.0. The molecule has 1 aromatic carbocycles. The van der Waals surface area contributed by atoms with Crippen molar-refractivity contribution in [3.63, 3.8) is 0 Å². The van der Waals surface area contributed by atoms with E-state index in [1.165, 1.54) is 0 Å². The van der Waals surface area contributed by atoms with Gasteiger partial charge in [-0.1, -0.05) is 0 Å². The number of furan rings is 1. The molecular weight excluding hydrogens is 310 g/mol. The van der Waals surface area contributed by atoms with Crippen LogP contribution in [0.15, 0.2) is 39.4 Å². The number of rotatable bonds is 5. The molecule has 0 saturated carbocycles. The third-order valence-electron chi connectivity index (χ3n) is 2.94. The molecule has 0 aliphatic heterocycles. The van der Waals surface area contributed by atoms with Gasteiger partial charge in [0.15, 0.2) is 0 Å². The molecule has 2 aromatic rings. The summed E-state index contributed by atoms with van der Waals surface area (Å²) in [6.07, 6.45) is 1.66. The van der Waals surface area contributed by atoms with Crippen LogP contribution in [-0.4, -0.2) is 21.3 Å². The van der Waals surface area contributed by atoms with Gasteiger partial charge in [0.1, 0.15) is 21.7 Å². The van der Waals surface area contributed by atoms with Crippen LogP contribution in [0.2, 0.25) is 0 Å². The van der Waals surface area contributed by atoms with Gasteiger partial charge >= 0.3 is 0 Å². The molecule has 0 fully saturated rings. The van der Waals surface area contributed by atoms with Crippen molar-refractivity contribution in [2.75, 3.05) is 21.3 Å². The van der Waals surface area contributed by atoms with Gasteiger partial charge in [0.05, 0.1) is 26.5 Å². The Hall–Kier alpha value is -1.46. The zero-order valence-electron chi connectivity index (χ0n) is 11.1. The number of methoxy groups -OCH3 is 2. The largest absolute Gasteiger partial charge is 0.495 e. The van der Waals surface area contributed by atoms with Gasteiger partial charge in [-0.15, -0.1) is 0 Å². The Kier molecular flexibility index (Phi) is 4.50. The molecule has 0 aliphatic carbocycles. The van der Waals surface area contributed by atoms with E-state index in [9.17, 15) is 0 Å². The van der Waals surface area contributed by atoms with E-state index in [1.54, 1.807) is 20.5 Å². The van der Waals surface area contributed by atoms with Gasteiger partial charge in [-0.25, -0.2) is 0 Å². The number of hydrogen-bond donors (Lipinski definition) is 1. The van der Waals surface area contributed by atoms with Gasteiger partial charge in [-0.05, 0) is 47.2 Å². The minimum atomic E-state index is -0.0767. The van der Waals surface area contributed by atoms with Crippen molar-refractivity contribution in [1.29, 1.82) is 0 Å². The van der Waals surface area contributed by atoms with Gasteiger partial charge in [0.25, 0.3) is 0 Å². The standard InChI is InChI=1S/C14H16BrNO3/c1-16-13(11-5-4-8-19-11)9-6-7-10(17-2)12(15)14(9)18-3/h4-8,13,16H,1-3H3. The normalized spacial score (nSPS) is 12.2. The van der Waals surface area contributed by atoms with Crippen LogP contribution in [0.5, 0.6) is 11.5 Å². The van der Waals surface area contributed by atoms with E-state index in [1.807, 2.05) is 31.3 Å². The molecule has 2 rings (SSSR count). The topological polar surface area (TPSA) is 43.6 Å². The lowest BCUT2D eigenvalue weighted by molar-refractivity contribution is 0.378. The first-order valence-electron chi connectivity index (χ1n) is 5.84. The van der Waals surface area contributed by atoms with Crippen LogP contribution in [0.4, 0.5) is 0 Å². The van der Waals surface area contributed by atoms with Crippen LogP contribution in [0.25, 0.3) is 0 Å². The molecule has 1 atom stereocenters. The third kappa shape index (κ3) is 2.62. The number of halogens is 1. The third-order valence-corrected chi connectivity index (χ3v) is 3.69. The summed E-state index contributed by atoms with van der Waals surface area (Å²) in [4.78, 5) is 0. The predicted octanol–water partition coefficient (Wildman–Crippen LogP) is 3.37. The monoisotopic (exact) mass is 325 g/mol. The zero-order chi connectivity index (χ0) is 13.8. The van der Waals surface area contributed by atoms with E-state index in [0.717, 1.165) is 27.3 Å². The van der Waals surface area contributed by atoms with Crippen molar-refractivity contribution >= 4 is 15.9 Å². The molecule has 19 heavy (non-hydrogen) atoms. The molecule has 4 nitrogen and oxygen atoms in total. The van der Waals surface area contributed by atoms with E-state index in [0.29, 0.717) is 0 Å². The van der Waals surface area contributed by atoms with E-state index in [2.05, 4.69) is 21.2 Å². The first kappa shape index (κ1) is 14.0. The van der Waals surface area contributed by atoms with Crippen molar-refractivity contribution in [3.05, 3.63) is 46.3 Å². The highest BCUT2D eigenvalue weighted by molar-refractivity contribution is 9.10. The summed E-state index contributed by atoms with van der Waals surface area (Å²) in [5.41, 5.74) is 0.979. The quantitative estimate of drug-likeness (QED) is 0.915. The van der Waals surface area contributed by atoms with Crippen LogP contribution in [0.1, 0.15) is 17.4 Å². The SMILES string of the molecule is CNC(c1ccco1)c1ccc(OC)c(Br)c1OC. The van der Waals surface area contributed by atoms with Crippen LogP contribution in [0.3, 0.4) is 0 Å². The van der Waals surface area contributed by atoms with Crippen molar-refractivity contribution in [2.45, 2.75) is 6.04 Å². The number of nitrogens with one attached hydrogen (secondary N) is 1. The fourth-order valence-corrected chi connectivity index (χ4v) is 2.74. The summed E-state index contributed by atoms with van der Waals surface area (Å²) in [7, 11) is 5.14. The molecule has 1 aromatic heterocycles. The Balaban J connectivity index is 2.52. The van der Waals surface area contributed by atoms with Crippen molar-refractivity contribution < 1.29 is 13.9 Å². The maximum atomic E-state index is 5.49. The highest BCUT2D eigenvalue weighted by Crippen LogP contribution is 2.41. The molecule has 0 saturated heterocycles. The summed E-state index contributed by atoms with van der Waals surface area (Å²) in [5.74, 6) is 2.29. The summed E-state index contributed by atoms with van der Waals surface area (Å²) in [5, 5.41) is 3.22. The fourth-order valence-electron chi connectivity index (χ4n) is 2.05. The molecule has 0 amide bonds. The second-order valence-corrected chi connectivity index (χ2v) is 4.73. The fraction of sp³-hybridized carbons (Fsp3) is 0.286. The van der Waals surface area contributed by atoms with Gasteiger partial charge in [0.2, 0.25) is 0 Å². The predicted molar refractivity (Wildman–Crippen MR) is 76.9 cm³/mol. The molecule has 0 spiro atoms. The highest BCUT2D eigenvalue weighted by atomic mass is 79.9. The van der Waals surface area contributed by atoms with E-state index in [4.69, 9.17) is 13.9 Å². The summed E-state index contributed by atoms with van der Waals surface area (Å²) in [6, 6.07) is 7.58. The average Bonchev–Trinajstić information content (AvgIpc) is 2.94. The van der Waals surface area contributed by atoms with Gasteiger partial charge in [-0.3, -0.25) is 0 Å². The Labute approximate surface area is 120 Å². The number of hydrogen-bond acceptors (Lipinski definition) is 4. The molecule has 102 valence electrons. The molecule has 5 heteroatoms. The van der Waals surface area contributed by atoms with E-state index < -0.39 is 0 Å². The Morgan fingerprint density at radius 1 is 1.21 bits per heavy atom. The second-order valence-electron chi connectivity index (χ2n) is 3.94. The van der Waals surface area contributed by atoms with E-state index >= 15 is 0 Å². The van der Waals surface area contributed by atoms with Gasteiger partial charge in [0, 0.05) is 5.56 Å². The highest BCUT2D eigenvalue weighted by Gasteiger charge is 2.22. The summed E-state index contributed by atoms with van der Waals surface area (Å²) >= 11 is 3.50. The van der Waals surface area contributed by atoms with Crippen molar-refractivity contribution in [2.24, 2.45) is 0 Å². The smallest absolute Gasteiger partial charge is 0.142 e. The maximum Gasteiger partial charge on any atom is 0.142 e. The first-order chi connectivity index (χ1) is 9.22. The second kappa shape index (κ2) is 6.12. The maximum absolute atomic E-state index is 5.49. The Morgan fingerprint density at radius 2 is 2.00 bits per heavy atom. The van der Waals surface area contributed by atoms with Gasteiger partial charge < -0.3 is 19.2 Å². The molecule has 0 aliphatic rings. The lowest BCUT2D eigenvalue weighted by atomic mass is 10.0. The van der Waals surface area contributed by atoms with Crippen LogP contribution in [0, 0.1) is 0 Å². The first-order valence-corrected chi connectivity index (χ1v) is 6.63. The number of ether oxygens (including phenoxy) is 2. The molecule has 1 heterocycles. The molecular formula is C14H16BrNO3. The Morgan fingerprint density at radius 3 is 2.53 bits per heavy atom. The van der Waals surface area contributed by atoms with Crippen LogP contribution >= 0.6 is 15.9 Å². The number of benzene rings is 1. The molecule has 0 radical (unpaired) electrons. The lowest BCUT2D eigenvalue weighted by Crippen LogP contribution is -2.18. The molecule has 1 unspecified atom stereocenters. The van der Waals surface area contributed by atoms with Crippen molar-refractivity contribution in [1.82, 2.24) is 5.32 Å². The van der Waals surface area contributed by atoms with E-state index in [-0.39, 0.29) is 6.04 Å². The van der Waals surface area contributed by atoms with Crippen molar-refractivity contribution in [3.8, 4) is 11.5 Å². The summed E-state index contributed by atoms with van der Waals surface area (Å²) in [6.45, 7) is 0. The zero-order valence-corrected chi connectivity index (χ0v) is 12.7. The Bertz CT molecular complexity index is 540. The average molecular weight is 326 g/mol. The van der Waals surface area contributed by atoms with Crippen LogP contribution < -0.4 is 14.8 Å². The van der Waals surface area contributed by atoms with Crippen LogP contribution in [-0.2, 0) is 0 Å². The lowest BCUT2D eigenvalue weighted by Gasteiger charge is -2.19. The minimum Gasteiger partial charge on any atom is -0.495 e. The minimum absolute atomic E-state index is 0.0767. The molecule has 1 N–H and O–H groups in total.